The Labute approximate surface area is 135 Å². The molecule has 5 nitrogen and oxygen atoms in total. The minimum absolute atomic E-state index is 0.0326. The van der Waals surface area contributed by atoms with E-state index in [0.29, 0.717) is 23.8 Å². The summed E-state index contributed by atoms with van der Waals surface area (Å²) in [4.78, 5) is 25.3. The number of anilines is 1. The van der Waals surface area contributed by atoms with Crippen molar-refractivity contribution in [2.24, 2.45) is 0 Å². The molecule has 2 rings (SSSR count). The Morgan fingerprint density at radius 1 is 1.36 bits per heavy atom. The van der Waals surface area contributed by atoms with Gasteiger partial charge in [-0.2, -0.15) is 0 Å². The van der Waals surface area contributed by atoms with Gasteiger partial charge in [0.1, 0.15) is 0 Å². The number of halogens is 1. The highest BCUT2D eigenvalue weighted by atomic mass is 35.5. The third kappa shape index (κ3) is 5.31. The second kappa shape index (κ2) is 8.15. The molecule has 0 bridgehead atoms. The van der Waals surface area contributed by atoms with Crippen LogP contribution < -0.4 is 5.32 Å². The molecule has 0 radical (unpaired) electrons. The molecule has 1 fully saturated rings. The summed E-state index contributed by atoms with van der Waals surface area (Å²) in [7, 11) is 0. The van der Waals surface area contributed by atoms with Crippen molar-refractivity contribution < 1.29 is 14.3 Å². The Balaban J connectivity index is 1.79. The number of nitrogens with one attached hydrogen (secondary N) is 1. The lowest BCUT2D eigenvalue weighted by Crippen LogP contribution is -2.37. The predicted octanol–water partition coefficient (Wildman–Crippen LogP) is 2.70. The summed E-state index contributed by atoms with van der Waals surface area (Å²) >= 11 is 5.80. The van der Waals surface area contributed by atoms with E-state index in [4.69, 9.17) is 16.3 Å². The Morgan fingerprint density at radius 3 is 2.68 bits per heavy atom. The largest absolute Gasteiger partial charge is 0.376 e. The molecule has 22 heavy (non-hydrogen) atoms. The van der Waals surface area contributed by atoms with Gasteiger partial charge in [0.2, 0.25) is 11.8 Å². The summed E-state index contributed by atoms with van der Waals surface area (Å²) in [5, 5.41) is 3.41. The number of benzene rings is 1. The first-order chi connectivity index (χ1) is 10.5. The van der Waals surface area contributed by atoms with Gasteiger partial charge in [-0.1, -0.05) is 11.6 Å². The molecule has 120 valence electrons. The fourth-order valence-corrected chi connectivity index (χ4v) is 2.53. The van der Waals surface area contributed by atoms with Crippen LogP contribution in [0.4, 0.5) is 5.69 Å². The van der Waals surface area contributed by atoms with Gasteiger partial charge >= 0.3 is 0 Å². The van der Waals surface area contributed by atoms with Crippen LogP contribution in [0.15, 0.2) is 24.3 Å². The quantitative estimate of drug-likeness (QED) is 0.875. The van der Waals surface area contributed by atoms with Crippen molar-refractivity contribution in [1.29, 1.82) is 0 Å². The molecule has 1 N–H and O–H groups in total. The lowest BCUT2D eigenvalue weighted by molar-refractivity contribution is -0.130. The molecule has 1 aliphatic rings. The van der Waals surface area contributed by atoms with Crippen LogP contribution in [0.3, 0.4) is 0 Å². The van der Waals surface area contributed by atoms with Crippen LogP contribution in [0.1, 0.15) is 26.2 Å². The van der Waals surface area contributed by atoms with Gasteiger partial charge in [0.25, 0.3) is 0 Å². The lowest BCUT2D eigenvalue weighted by atomic mass is 10.2. The molecule has 0 aromatic heterocycles. The molecule has 0 aliphatic carbocycles. The zero-order valence-electron chi connectivity index (χ0n) is 12.7. The van der Waals surface area contributed by atoms with Gasteiger partial charge in [-0.15, -0.1) is 0 Å². The highest BCUT2D eigenvalue weighted by Crippen LogP contribution is 2.15. The number of rotatable bonds is 6. The van der Waals surface area contributed by atoms with E-state index in [2.05, 4.69) is 5.32 Å². The predicted molar refractivity (Wildman–Crippen MR) is 85.9 cm³/mol. The van der Waals surface area contributed by atoms with Crippen molar-refractivity contribution in [3.8, 4) is 0 Å². The van der Waals surface area contributed by atoms with E-state index in [1.807, 2.05) is 0 Å². The van der Waals surface area contributed by atoms with Crippen molar-refractivity contribution >= 4 is 29.1 Å². The van der Waals surface area contributed by atoms with Crippen molar-refractivity contribution in [3.63, 3.8) is 0 Å². The molecule has 2 amide bonds. The highest BCUT2D eigenvalue weighted by Gasteiger charge is 2.21. The van der Waals surface area contributed by atoms with E-state index in [1.165, 1.54) is 6.92 Å². The van der Waals surface area contributed by atoms with E-state index in [1.54, 1.807) is 29.2 Å². The summed E-state index contributed by atoms with van der Waals surface area (Å²) in [5.41, 5.74) is 0.697. The van der Waals surface area contributed by atoms with Crippen LogP contribution in [0.2, 0.25) is 5.02 Å². The number of carbonyl (C=O) groups is 2. The van der Waals surface area contributed by atoms with Gasteiger partial charge in [0.05, 0.1) is 6.10 Å². The van der Waals surface area contributed by atoms with Gasteiger partial charge in [0, 0.05) is 43.8 Å². The highest BCUT2D eigenvalue weighted by molar-refractivity contribution is 6.30. The number of hydrogen-bond donors (Lipinski definition) is 1. The third-order valence-electron chi connectivity index (χ3n) is 3.63. The monoisotopic (exact) mass is 324 g/mol. The number of amides is 2. The molecular formula is C16H21ClN2O3. The second-order valence-electron chi connectivity index (χ2n) is 5.41. The Morgan fingerprint density at radius 2 is 2.09 bits per heavy atom. The van der Waals surface area contributed by atoms with Crippen molar-refractivity contribution in [2.45, 2.75) is 32.3 Å². The maximum absolute atomic E-state index is 11.9. The van der Waals surface area contributed by atoms with Crippen LogP contribution in [-0.2, 0) is 14.3 Å². The zero-order chi connectivity index (χ0) is 15.9. The molecule has 1 saturated heterocycles. The van der Waals surface area contributed by atoms with Crippen LogP contribution in [0, 0.1) is 0 Å². The van der Waals surface area contributed by atoms with Crippen molar-refractivity contribution in [2.75, 3.05) is 25.0 Å². The summed E-state index contributed by atoms with van der Waals surface area (Å²) in [6.45, 7) is 3.23. The maximum Gasteiger partial charge on any atom is 0.226 e. The van der Waals surface area contributed by atoms with E-state index in [0.717, 1.165) is 19.4 Å². The number of carbonyl (C=O) groups excluding carboxylic acids is 2. The van der Waals surface area contributed by atoms with Gasteiger partial charge < -0.3 is 15.0 Å². The Kier molecular flexibility index (Phi) is 6.21. The van der Waals surface area contributed by atoms with E-state index < -0.39 is 0 Å². The fourth-order valence-electron chi connectivity index (χ4n) is 2.40. The summed E-state index contributed by atoms with van der Waals surface area (Å²) in [6, 6.07) is 6.93. The molecule has 1 aromatic carbocycles. The summed E-state index contributed by atoms with van der Waals surface area (Å²) in [6.07, 6.45) is 2.37. The molecule has 1 atom stereocenters. The van der Waals surface area contributed by atoms with Gasteiger partial charge in [-0.3, -0.25) is 9.59 Å². The molecular weight excluding hydrogens is 304 g/mol. The second-order valence-corrected chi connectivity index (χ2v) is 5.84. The van der Waals surface area contributed by atoms with Crippen LogP contribution in [0.5, 0.6) is 0 Å². The van der Waals surface area contributed by atoms with Gasteiger partial charge in [0.15, 0.2) is 0 Å². The first-order valence-electron chi connectivity index (χ1n) is 7.47. The standard InChI is InChI=1S/C16H21ClN2O3/c1-12(20)19(11-15-3-2-10-22-15)9-8-16(21)18-14-6-4-13(17)5-7-14/h4-7,15H,2-3,8-11H2,1H3,(H,18,21). The van der Waals surface area contributed by atoms with Crippen molar-refractivity contribution in [3.05, 3.63) is 29.3 Å². The molecule has 1 unspecified atom stereocenters. The van der Waals surface area contributed by atoms with Crippen molar-refractivity contribution in [1.82, 2.24) is 4.90 Å². The van der Waals surface area contributed by atoms with Crippen LogP contribution in [0.25, 0.3) is 0 Å². The normalized spacial score (nSPS) is 17.3. The Hall–Kier alpha value is -1.59. The smallest absolute Gasteiger partial charge is 0.226 e. The molecule has 1 heterocycles. The molecule has 0 spiro atoms. The number of hydrogen-bond acceptors (Lipinski definition) is 3. The van der Waals surface area contributed by atoms with Crippen LogP contribution in [-0.4, -0.2) is 42.5 Å². The molecule has 1 aliphatic heterocycles. The summed E-state index contributed by atoms with van der Waals surface area (Å²) in [5.74, 6) is -0.157. The van der Waals surface area contributed by atoms with E-state index in [-0.39, 0.29) is 24.3 Å². The average Bonchev–Trinajstić information content (AvgIpc) is 2.98. The average molecular weight is 325 g/mol. The SMILES string of the molecule is CC(=O)N(CCC(=O)Nc1ccc(Cl)cc1)CC1CCCO1. The number of nitrogens with zero attached hydrogens (tertiary/aromatic N) is 1. The van der Waals surface area contributed by atoms with Crippen LogP contribution >= 0.6 is 11.6 Å². The van der Waals surface area contributed by atoms with E-state index >= 15 is 0 Å². The topological polar surface area (TPSA) is 58.6 Å². The van der Waals surface area contributed by atoms with E-state index in [9.17, 15) is 9.59 Å². The first-order valence-corrected chi connectivity index (χ1v) is 7.85. The third-order valence-corrected chi connectivity index (χ3v) is 3.88. The lowest BCUT2D eigenvalue weighted by Gasteiger charge is -2.23. The minimum atomic E-state index is -0.124. The molecule has 1 aromatic rings. The molecule has 0 saturated carbocycles. The molecule has 6 heteroatoms. The van der Waals surface area contributed by atoms with Gasteiger partial charge in [-0.25, -0.2) is 0 Å². The fraction of sp³-hybridized carbons (Fsp3) is 0.500. The maximum atomic E-state index is 11.9. The zero-order valence-corrected chi connectivity index (χ0v) is 13.4. The number of ether oxygens (including phenoxy) is 1. The summed E-state index contributed by atoms with van der Waals surface area (Å²) < 4.78 is 5.54. The first kappa shape index (κ1) is 16.8. The minimum Gasteiger partial charge on any atom is -0.376 e. The van der Waals surface area contributed by atoms with Gasteiger partial charge in [-0.05, 0) is 37.1 Å². The Bertz CT molecular complexity index is 513.